The summed E-state index contributed by atoms with van der Waals surface area (Å²) in [5.74, 6) is 0. The Balaban J connectivity index is 0. The summed E-state index contributed by atoms with van der Waals surface area (Å²) < 4.78 is 0. The third-order valence-corrected chi connectivity index (χ3v) is 1.97. The summed E-state index contributed by atoms with van der Waals surface area (Å²) >= 11 is 0. The van der Waals surface area contributed by atoms with Crippen LogP contribution in [0.2, 0.25) is 0 Å². The van der Waals surface area contributed by atoms with Crippen LogP contribution in [-0.4, -0.2) is 0 Å². The van der Waals surface area contributed by atoms with Crippen molar-refractivity contribution < 1.29 is 0 Å². The van der Waals surface area contributed by atoms with E-state index in [9.17, 15) is 0 Å². The third kappa shape index (κ3) is 8.58. The van der Waals surface area contributed by atoms with Gasteiger partial charge in [0.1, 0.15) is 0 Å². The molecule has 1 aliphatic rings. The maximum absolute atomic E-state index is 3.72. The van der Waals surface area contributed by atoms with Gasteiger partial charge in [-0.25, -0.2) is 0 Å². The van der Waals surface area contributed by atoms with Crippen LogP contribution in [0.1, 0.15) is 41.0 Å². The average Bonchev–Trinajstić information content (AvgIpc) is 2.72. The molecule has 0 amide bonds. The highest BCUT2D eigenvalue weighted by Crippen LogP contribution is 2.16. The maximum atomic E-state index is 3.72. The number of hydrogen-bond acceptors (Lipinski definition) is 0. The molecule has 0 fully saturated rings. The van der Waals surface area contributed by atoms with E-state index in [2.05, 4.69) is 43.0 Å². The molecule has 0 heteroatoms. The zero-order valence-corrected chi connectivity index (χ0v) is 12.6. The molecule has 0 spiro atoms. The van der Waals surface area contributed by atoms with Crippen LogP contribution in [0.3, 0.4) is 0 Å². The fourth-order valence-corrected chi connectivity index (χ4v) is 1.35. The molecule has 0 heterocycles. The normalized spacial score (nSPS) is 13.8. The van der Waals surface area contributed by atoms with Crippen molar-refractivity contribution >= 4 is 0 Å². The second kappa shape index (κ2) is 15.4. The lowest BCUT2D eigenvalue weighted by Crippen LogP contribution is -1.82. The van der Waals surface area contributed by atoms with Crippen molar-refractivity contribution in [3.05, 3.63) is 72.4 Å². The summed E-state index contributed by atoms with van der Waals surface area (Å²) in [5, 5.41) is 0. The first-order valence-electron chi connectivity index (χ1n) is 6.87. The number of hydrogen-bond donors (Lipinski definition) is 0. The largest absolute Gasteiger partial charge is 0.0990 e. The van der Waals surface area contributed by atoms with Crippen molar-refractivity contribution in [3.63, 3.8) is 0 Å². The average molecular weight is 244 g/mol. The SMILES string of the molecule is C=C/C=C(\C=C/C)C1=CCC=CC=C1.CC.CC. The van der Waals surface area contributed by atoms with Crippen LogP contribution in [0.25, 0.3) is 0 Å². The van der Waals surface area contributed by atoms with Gasteiger partial charge in [-0.2, -0.15) is 0 Å². The molecule has 0 aromatic rings. The first-order chi connectivity index (χ1) is 8.88. The molecule has 1 aliphatic carbocycles. The molecular formula is C18H28. The van der Waals surface area contributed by atoms with E-state index in [0.717, 1.165) is 6.42 Å². The van der Waals surface area contributed by atoms with Gasteiger partial charge in [-0.1, -0.05) is 89.0 Å². The highest BCUT2D eigenvalue weighted by atomic mass is 14.0. The minimum atomic E-state index is 0.994. The Hall–Kier alpha value is -1.56. The molecule has 1 rings (SSSR count). The Morgan fingerprint density at radius 2 is 1.83 bits per heavy atom. The second-order valence-corrected chi connectivity index (χ2v) is 3.04. The van der Waals surface area contributed by atoms with Crippen LogP contribution in [-0.2, 0) is 0 Å². The fraction of sp³-hybridized carbons (Fsp3) is 0.333. The van der Waals surface area contributed by atoms with E-state index in [0.29, 0.717) is 0 Å². The van der Waals surface area contributed by atoms with E-state index in [-0.39, 0.29) is 0 Å². The van der Waals surface area contributed by atoms with E-state index < -0.39 is 0 Å². The van der Waals surface area contributed by atoms with Gasteiger partial charge >= 0.3 is 0 Å². The summed E-state index contributed by atoms with van der Waals surface area (Å²) in [6.07, 6.45) is 19.6. The molecule has 0 bridgehead atoms. The van der Waals surface area contributed by atoms with Gasteiger partial charge in [-0.3, -0.25) is 0 Å². The van der Waals surface area contributed by atoms with Crippen LogP contribution in [0.5, 0.6) is 0 Å². The maximum Gasteiger partial charge on any atom is -0.0157 e. The molecule has 18 heavy (non-hydrogen) atoms. The molecule has 0 aromatic carbocycles. The van der Waals surface area contributed by atoms with E-state index >= 15 is 0 Å². The summed E-state index contributed by atoms with van der Waals surface area (Å²) in [4.78, 5) is 0. The van der Waals surface area contributed by atoms with Crippen molar-refractivity contribution in [2.75, 3.05) is 0 Å². The predicted molar refractivity (Wildman–Crippen MR) is 86.8 cm³/mol. The standard InChI is InChI=1S/C14H16.2C2H6/c1-3-9-13(10-4-2)14-11-7-5-6-8-12-14;2*1-2/h3-7,9-12H,1,8H2,2H3;2*1-2H3/b10-4-,13-9+;;. The topological polar surface area (TPSA) is 0 Å². The zero-order chi connectivity index (χ0) is 14.2. The van der Waals surface area contributed by atoms with Crippen LogP contribution in [0.4, 0.5) is 0 Å². The summed E-state index contributed by atoms with van der Waals surface area (Å²) in [7, 11) is 0. The first-order valence-corrected chi connectivity index (χ1v) is 6.87. The van der Waals surface area contributed by atoms with Gasteiger partial charge in [-0.15, -0.1) is 0 Å². The molecule has 0 saturated heterocycles. The predicted octanol–water partition coefficient (Wildman–Crippen LogP) is 6.17. The fourth-order valence-electron chi connectivity index (χ4n) is 1.35. The Bertz CT molecular complexity index is 333. The van der Waals surface area contributed by atoms with E-state index in [4.69, 9.17) is 0 Å². The Kier molecular flexibility index (Phi) is 16.1. The molecule has 0 unspecified atom stereocenters. The van der Waals surface area contributed by atoms with Crippen LogP contribution >= 0.6 is 0 Å². The highest BCUT2D eigenvalue weighted by molar-refractivity contribution is 5.49. The number of rotatable bonds is 3. The summed E-state index contributed by atoms with van der Waals surface area (Å²) in [5.41, 5.74) is 2.47. The van der Waals surface area contributed by atoms with Gasteiger partial charge in [0.25, 0.3) is 0 Å². The molecule has 0 aliphatic heterocycles. The minimum Gasteiger partial charge on any atom is -0.0990 e. The molecule has 0 nitrogen and oxygen atoms in total. The molecule has 0 aromatic heterocycles. The van der Waals surface area contributed by atoms with Crippen LogP contribution in [0, 0.1) is 0 Å². The zero-order valence-electron chi connectivity index (χ0n) is 12.6. The van der Waals surface area contributed by atoms with E-state index in [1.165, 1.54) is 11.1 Å². The number of allylic oxidation sites excluding steroid dienone is 11. The van der Waals surface area contributed by atoms with Gasteiger partial charge < -0.3 is 0 Å². The van der Waals surface area contributed by atoms with E-state index in [1.807, 2.05) is 52.8 Å². The Labute approximate surface area is 114 Å². The monoisotopic (exact) mass is 244 g/mol. The smallest absolute Gasteiger partial charge is 0.0157 e. The van der Waals surface area contributed by atoms with Gasteiger partial charge in [-0.05, 0) is 24.5 Å². The van der Waals surface area contributed by atoms with Gasteiger partial charge in [0.15, 0.2) is 0 Å². The summed E-state index contributed by atoms with van der Waals surface area (Å²) in [6, 6.07) is 0. The quantitative estimate of drug-likeness (QED) is 0.521. The second-order valence-electron chi connectivity index (χ2n) is 3.04. The van der Waals surface area contributed by atoms with Crippen molar-refractivity contribution in [1.82, 2.24) is 0 Å². The van der Waals surface area contributed by atoms with Crippen molar-refractivity contribution in [2.45, 2.75) is 41.0 Å². The highest BCUT2D eigenvalue weighted by Gasteiger charge is 1.97. The van der Waals surface area contributed by atoms with E-state index in [1.54, 1.807) is 0 Å². The molecule has 0 atom stereocenters. The first kappa shape index (κ1) is 18.8. The van der Waals surface area contributed by atoms with Crippen molar-refractivity contribution in [2.24, 2.45) is 0 Å². The van der Waals surface area contributed by atoms with Crippen molar-refractivity contribution in [3.8, 4) is 0 Å². The molecule has 0 N–H and O–H groups in total. The lowest BCUT2D eigenvalue weighted by atomic mass is 10.0. The molecule has 0 radical (unpaired) electrons. The summed E-state index contributed by atoms with van der Waals surface area (Å²) in [6.45, 7) is 13.7. The molecular weight excluding hydrogens is 216 g/mol. The lowest BCUT2D eigenvalue weighted by Gasteiger charge is -2.01. The Morgan fingerprint density at radius 1 is 1.17 bits per heavy atom. The minimum absolute atomic E-state index is 0.994. The molecule has 100 valence electrons. The van der Waals surface area contributed by atoms with Gasteiger partial charge in [0.05, 0.1) is 0 Å². The Morgan fingerprint density at radius 3 is 2.39 bits per heavy atom. The third-order valence-electron chi connectivity index (χ3n) is 1.97. The van der Waals surface area contributed by atoms with Crippen molar-refractivity contribution in [1.29, 1.82) is 0 Å². The van der Waals surface area contributed by atoms with Gasteiger partial charge in [0.2, 0.25) is 0 Å². The van der Waals surface area contributed by atoms with Crippen LogP contribution < -0.4 is 0 Å². The molecule has 0 saturated carbocycles. The van der Waals surface area contributed by atoms with Crippen LogP contribution in [0.15, 0.2) is 72.4 Å². The van der Waals surface area contributed by atoms with Gasteiger partial charge in [0, 0.05) is 0 Å². The lowest BCUT2D eigenvalue weighted by molar-refractivity contribution is 1.36.